The van der Waals surface area contributed by atoms with Gasteiger partial charge in [-0.25, -0.2) is 0 Å². The van der Waals surface area contributed by atoms with Crippen LogP contribution in [0.3, 0.4) is 0 Å². The lowest BCUT2D eigenvalue weighted by Crippen LogP contribution is -1.92. The van der Waals surface area contributed by atoms with Crippen molar-refractivity contribution in [3.8, 4) is 0 Å². The number of hydrogen-bond donors (Lipinski definition) is 0. The Morgan fingerprint density at radius 3 is 3.17 bits per heavy atom. The van der Waals surface area contributed by atoms with Gasteiger partial charge in [-0.3, -0.25) is 0 Å². The number of ether oxygens (including phenoxy) is 1. The largest absolute Gasteiger partial charge is 0.376 e. The number of rotatable bonds is 6. The van der Waals surface area contributed by atoms with Crippen LogP contribution >= 0.6 is 11.3 Å². The number of allylic oxidation sites excluding steroid dienone is 1. The molecule has 2 heteroatoms. The summed E-state index contributed by atoms with van der Waals surface area (Å²) in [6.45, 7) is 5.25. The standard InChI is InChI=1S/C10H14OS/c1-2-3-4-7-11-9-10-6-5-8-12-10/h2,5-6,8H,1,3-4,7,9H2. The van der Waals surface area contributed by atoms with Gasteiger partial charge in [-0.2, -0.15) is 0 Å². The van der Waals surface area contributed by atoms with Crippen molar-refractivity contribution in [3.05, 3.63) is 35.0 Å². The molecule has 1 aromatic rings. The number of unbranched alkanes of at least 4 members (excludes halogenated alkanes) is 1. The van der Waals surface area contributed by atoms with Crippen LogP contribution < -0.4 is 0 Å². The molecule has 1 heterocycles. The maximum atomic E-state index is 5.44. The van der Waals surface area contributed by atoms with Crippen molar-refractivity contribution in [2.75, 3.05) is 6.61 Å². The zero-order valence-corrected chi connectivity index (χ0v) is 7.98. The highest BCUT2D eigenvalue weighted by atomic mass is 32.1. The average molecular weight is 182 g/mol. The van der Waals surface area contributed by atoms with Crippen molar-refractivity contribution in [3.63, 3.8) is 0 Å². The lowest BCUT2D eigenvalue weighted by Gasteiger charge is -1.99. The molecule has 0 aliphatic heterocycles. The van der Waals surface area contributed by atoms with Crippen LogP contribution in [0.15, 0.2) is 30.2 Å². The normalized spacial score (nSPS) is 10.0. The monoisotopic (exact) mass is 182 g/mol. The third-order valence-electron chi connectivity index (χ3n) is 1.52. The van der Waals surface area contributed by atoms with Crippen molar-refractivity contribution in [2.24, 2.45) is 0 Å². The molecule has 0 bridgehead atoms. The fraction of sp³-hybridized carbons (Fsp3) is 0.400. The fourth-order valence-electron chi connectivity index (χ4n) is 0.897. The van der Waals surface area contributed by atoms with Crippen LogP contribution in [-0.4, -0.2) is 6.61 Å². The maximum absolute atomic E-state index is 5.44. The fourth-order valence-corrected chi connectivity index (χ4v) is 1.54. The Hall–Kier alpha value is -0.600. The average Bonchev–Trinajstić information content (AvgIpc) is 2.57. The Morgan fingerprint density at radius 2 is 2.50 bits per heavy atom. The zero-order valence-electron chi connectivity index (χ0n) is 7.16. The molecule has 1 rings (SSSR count). The highest BCUT2D eigenvalue weighted by molar-refractivity contribution is 7.09. The van der Waals surface area contributed by atoms with Gasteiger partial charge in [-0.1, -0.05) is 12.1 Å². The molecule has 0 aliphatic rings. The molecule has 0 atom stereocenters. The third-order valence-corrected chi connectivity index (χ3v) is 2.37. The van der Waals surface area contributed by atoms with Gasteiger partial charge in [0.15, 0.2) is 0 Å². The Morgan fingerprint density at radius 1 is 1.58 bits per heavy atom. The summed E-state index contributed by atoms with van der Waals surface area (Å²) in [7, 11) is 0. The molecule has 0 saturated carbocycles. The van der Waals surface area contributed by atoms with E-state index in [0.717, 1.165) is 26.1 Å². The first-order valence-corrected chi connectivity index (χ1v) is 5.02. The molecule has 0 radical (unpaired) electrons. The minimum Gasteiger partial charge on any atom is -0.376 e. The highest BCUT2D eigenvalue weighted by Crippen LogP contribution is 2.09. The van der Waals surface area contributed by atoms with E-state index in [4.69, 9.17) is 4.74 Å². The molecule has 1 nitrogen and oxygen atoms in total. The molecule has 0 amide bonds. The summed E-state index contributed by atoms with van der Waals surface area (Å²) >= 11 is 1.74. The van der Waals surface area contributed by atoms with Gasteiger partial charge in [0, 0.05) is 11.5 Å². The summed E-state index contributed by atoms with van der Waals surface area (Å²) in [6, 6.07) is 4.14. The van der Waals surface area contributed by atoms with E-state index < -0.39 is 0 Å². The Bertz CT molecular complexity index is 204. The van der Waals surface area contributed by atoms with E-state index in [1.54, 1.807) is 11.3 Å². The second-order valence-corrected chi connectivity index (χ2v) is 3.60. The molecule has 1 aromatic heterocycles. The van der Waals surface area contributed by atoms with E-state index in [1.165, 1.54) is 4.88 Å². The van der Waals surface area contributed by atoms with E-state index in [0.29, 0.717) is 0 Å². The van der Waals surface area contributed by atoms with E-state index in [2.05, 4.69) is 18.0 Å². The SMILES string of the molecule is C=CCCCOCc1cccs1. The molecule has 0 unspecified atom stereocenters. The Balaban J connectivity index is 2.00. The first kappa shape index (κ1) is 9.49. The lowest BCUT2D eigenvalue weighted by atomic mass is 10.3. The van der Waals surface area contributed by atoms with Crippen molar-refractivity contribution < 1.29 is 4.74 Å². The summed E-state index contributed by atoms with van der Waals surface area (Å²) < 4.78 is 5.44. The molecule has 0 fully saturated rings. The quantitative estimate of drug-likeness (QED) is 0.485. The van der Waals surface area contributed by atoms with E-state index in [1.807, 2.05) is 12.1 Å². The van der Waals surface area contributed by atoms with Crippen molar-refractivity contribution >= 4 is 11.3 Å². The Kier molecular flexibility index (Phi) is 4.73. The van der Waals surface area contributed by atoms with E-state index in [9.17, 15) is 0 Å². The number of hydrogen-bond acceptors (Lipinski definition) is 2. The molecule has 0 saturated heterocycles. The minimum absolute atomic E-state index is 0.759. The predicted octanol–water partition coefficient (Wildman–Crippen LogP) is 3.23. The zero-order chi connectivity index (χ0) is 8.65. The van der Waals surface area contributed by atoms with Crippen LogP contribution in [0, 0.1) is 0 Å². The third kappa shape index (κ3) is 3.69. The van der Waals surface area contributed by atoms with Crippen LogP contribution in [-0.2, 0) is 11.3 Å². The van der Waals surface area contributed by atoms with Gasteiger partial charge in [-0.15, -0.1) is 17.9 Å². The van der Waals surface area contributed by atoms with Gasteiger partial charge < -0.3 is 4.74 Å². The maximum Gasteiger partial charge on any atom is 0.0809 e. The molecule has 0 N–H and O–H groups in total. The molecule has 0 aliphatic carbocycles. The van der Waals surface area contributed by atoms with Crippen molar-refractivity contribution in [1.82, 2.24) is 0 Å². The molecule has 66 valence electrons. The van der Waals surface area contributed by atoms with Gasteiger partial charge in [0.05, 0.1) is 6.61 Å². The van der Waals surface area contributed by atoms with Crippen LogP contribution in [0.1, 0.15) is 17.7 Å². The lowest BCUT2D eigenvalue weighted by molar-refractivity contribution is 0.121. The van der Waals surface area contributed by atoms with Crippen molar-refractivity contribution in [2.45, 2.75) is 19.4 Å². The number of thiophene rings is 1. The second kappa shape index (κ2) is 5.98. The predicted molar refractivity (Wildman–Crippen MR) is 53.4 cm³/mol. The summed E-state index contributed by atoms with van der Waals surface area (Å²) in [5.74, 6) is 0. The molecule has 12 heavy (non-hydrogen) atoms. The van der Waals surface area contributed by atoms with Crippen molar-refractivity contribution in [1.29, 1.82) is 0 Å². The highest BCUT2D eigenvalue weighted by Gasteiger charge is 1.92. The second-order valence-electron chi connectivity index (χ2n) is 2.56. The topological polar surface area (TPSA) is 9.23 Å². The molecule has 0 aromatic carbocycles. The summed E-state index contributed by atoms with van der Waals surface area (Å²) in [6.07, 6.45) is 4.05. The smallest absolute Gasteiger partial charge is 0.0809 e. The van der Waals surface area contributed by atoms with Gasteiger partial charge in [0.1, 0.15) is 0 Å². The molecular formula is C10H14OS. The first-order valence-electron chi connectivity index (χ1n) is 4.14. The summed E-state index contributed by atoms with van der Waals surface area (Å²) in [5.41, 5.74) is 0. The van der Waals surface area contributed by atoms with Crippen LogP contribution in [0.25, 0.3) is 0 Å². The van der Waals surface area contributed by atoms with Crippen LogP contribution in [0.4, 0.5) is 0 Å². The van der Waals surface area contributed by atoms with Gasteiger partial charge in [0.2, 0.25) is 0 Å². The van der Waals surface area contributed by atoms with Crippen LogP contribution in [0.5, 0.6) is 0 Å². The van der Waals surface area contributed by atoms with E-state index >= 15 is 0 Å². The summed E-state index contributed by atoms with van der Waals surface area (Å²) in [5, 5.41) is 2.07. The van der Waals surface area contributed by atoms with Gasteiger partial charge >= 0.3 is 0 Å². The first-order chi connectivity index (χ1) is 5.93. The Labute approximate surface area is 77.7 Å². The van der Waals surface area contributed by atoms with Crippen LogP contribution in [0.2, 0.25) is 0 Å². The molecule has 0 spiro atoms. The van der Waals surface area contributed by atoms with Gasteiger partial charge in [0.25, 0.3) is 0 Å². The van der Waals surface area contributed by atoms with Gasteiger partial charge in [-0.05, 0) is 24.3 Å². The molecular weight excluding hydrogens is 168 g/mol. The minimum atomic E-state index is 0.759. The van der Waals surface area contributed by atoms with E-state index in [-0.39, 0.29) is 0 Å². The summed E-state index contributed by atoms with van der Waals surface area (Å²) in [4.78, 5) is 1.30.